The van der Waals surface area contributed by atoms with Gasteiger partial charge < -0.3 is 19.0 Å². The summed E-state index contributed by atoms with van der Waals surface area (Å²) in [5.41, 5.74) is 1.06. The number of morpholine rings is 1. The second-order valence-corrected chi connectivity index (χ2v) is 8.11. The standard InChI is InChI=1S/C22H26ClN3O4/c1-16(26-12-14-30-20(15-26)17-4-6-18(23)7-5-17)21(27)24-8-10-25(11-9-24)22(28)19-3-2-13-29-19/h2-7,13,16,20H,8-12,14-15H2,1H3/t16-,20+/m1/s1. The topological polar surface area (TPSA) is 66.2 Å². The van der Waals surface area contributed by atoms with Crippen molar-refractivity contribution >= 4 is 23.4 Å². The molecule has 3 heterocycles. The van der Waals surface area contributed by atoms with Crippen LogP contribution < -0.4 is 0 Å². The fourth-order valence-corrected chi connectivity index (χ4v) is 4.13. The molecule has 2 saturated heterocycles. The van der Waals surface area contributed by atoms with E-state index in [0.717, 1.165) is 5.56 Å². The molecule has 0 radical (unpaired) electrons. The van der Waals surface area contributed by atoms with Crippen LogP contribution in [0.15, 0.2) is 47.1 Å². The summed E-state index contributed by atoms with van der Waals surface area (Å²) in [6, 6.07) is 10.8. The van der Waals surface area contributed by atoms with E-state index in [4.69, 9.17) is 20.8 Å². The van der Waals surface area contributed by atoms with Gasteiger partial charge in [-0.15, -0.1) is 0 Å². The minimum Gasteiger partial charge on any atom is -0.459 e. The smallest absolute Gasteiger partial charge is 0.289 e. The van der Waals surface area contributed by atoms with Crippen molar-refractivity contribution in [3.63, 3.8) is 0 Å². The fourth-order valence-electron chi connectivity index (χ4n) is 4.01. The number of halogens is 1. The first-order valence-electron chi connectivity index (χ1n) is 10.3. The van der Waals surface area contributed by atoms with Crippen LogP contribution >= 0.6 is 11.6 Å². The first kappa shape index (κ1) is 20.9. The molecule has 2 atom stereocenters. The number of hydrogen-bond acceptors (Lipinski definition) is 5. The summed E-state index contributed by atoms with van der Waals surface area (Å²) < 4.78 is 11.1. The van der Waals surface area contributed by atoms with Crippen molar-refractivity contribution in [2.45, 2.75) is 19.1 Å². The van der Waals surface area contributed by atoms with Crippen molar-refractivity contribution in [2.24, 2.45) is 0 Å². The van der Waals surface area contributed by atoms with E-state index in [-0.39, 0.29) is 24.0 Å². The summed E-state index contributed by atoms with van der Waals surface area (Å²) >= 11 is 5.98. The lowest BCUT2D eigenvalue weighted by Gasteiger charge is -2.40. The number of benzene rings is 1. The van der Waals surface area contributed by atoms with Crippen LogP contribution in [0.4, 0.5) is 0 Å². The van der Waals surface area contributed by atoms with E-state index < -0.39 is 0 Å². The number of carbonyl (C=O) groups is 2. The molecule has 0 spiro atoms. The maximum atomic E-state index is 13.1. The average molecular weight is 432 g/mol. The predicted molar refractivity (Wildman–Crippen MR) is 112 cm³/mol. The van der Waals surface area contributed by atoms with E-state index in [1.54, 1.807) is 17.0 Å². The summed E-state index contributed by atoms with van der Waals surface area (Å²) in [6.07, 6.45) is 1.42. The van der Waals surface area contributed by atoms with Gasteiger partial charge in [0.1, 0.15) is 0 Å². The lowest BCUT2D eigenvalue weighted by molar-refractivity contribution is -0.141. The Hall–Kier alpha value is -2.35. The minimum absolute atomic E-state index is 0.0750. The molecule has 0 N–H and O–H groups in total. The molecule has 160 valence electrons. The number of rotatable bonds is 4. The third-order valence-electron chi connectivity index (χ3n) is 5.86. The number of furan rings is 1. The number of piperazine rings is 1. The Morgan fingerprint density at radius 2 is 1.73 bits per heavy atom. The largest absolute Gasteiger partial charge is 0.459 e. The summed E-state index contributed by atoms with van der Waals surface area (Å²) in [5, 5.41) is 0.694. The normalized spacial score (nSPS) is 21.5. The van der Waals surface area contributed by atoms with Crippen LogP contribution in [0.2, 0.25) is 5.02 Å². The summed E-state index contributed by atoms with van der Waals surface area (Å²) in [6.45, 7) is 5.98. The van der Waals surface area contributed by atoms with Gasteiger partial charge >= 0.3 is 0 Å². The Kier molecular flexibility index (Phi) is 6.41. The SMILES string of the molecule is C[C@H](C(=O)N1CCN(C(=O)c2ccco2)CC1)N1CCO[C@H](c2ccc(Cl)cc2)C1. The van der Waals surface area contributed by atoms with Gasteiger partial charge in [-0.3, -0.25) is 14.5 Å². The van der Waals surface area contributed by atoms with Gasteiger partial charge in [-0.1, -0.05) is 23.7 Å². The molecule has 7 nitrogen and oxygen atoms in total. The molecule has 30 heavy (non-hydrogen) atoms. The van der Waals surface area contributed by atoms with E-state index in [9.17, 15) is 9.59 Å². The quantitative estimate of drug-likeness (QED) is 0.744. The van der Waals surface area contributed by atoms with Gasteiger partial charge in [0.25, 0.3) is 5.91 Å². The summed E-state index contributed by atoms with van der Waals surface area (Å²) in [7, 11) is 0. The van der Waals surface area contributed by atoms with Crippen LogP contribution in [0.1, 0.15) is 29.1 Å². The lowest BCUT2D eigenvalue weighted by Crippen LogP contribution is -2.56. The maximum absolute atomic E-state index is 13.1. The molecule has 2 amide bonds. The Balaban J connectivity index is 1.32. The summed E-state index contributed by atoms with van der Waals surface area (Å²) in [5.74, 6) is 0.306. The van der Waals surface area contributed by atoms with Crippen LogP contribution in [0, 0.1) is 0 Å². The molecule has 2 fully saturated rings. The molecular weight excluding hydrogens is 406 g/mol. The van der Waals surface area contributed by atoms with Crippen molar-refractivity contribution in [3.05, 3.63) is 59.0 Å². The third kappa shape index (κ3) is 4.53. The molecule has 2 aromatic rings. The maximum Gasteiger partial charge on any atom is 0.289 e. The highest BCUT2D eigenvalue weighted by Gasteiger charge is 2.33. The lowest BCUT2D eigenvalue weighted by atomic mass is 10.1. The van der Waals surface area contributed by atoms with Crippen molar-refractivity contribution in [2.75, 3.05) is 45.9 Å². The summed E-state index contributed by atoms with van der Waals surface area (Å²) in [4.78, 5) is 31.3. The Morgan fingerprint density at radius 3 is 2.40 bits per heavy atom. The van der Waals surface area contributed by atoms with Crippen LogP contribution in [0.25, 0.3) is 0 Å². The van der Waals surface area contributed by atoms with Gasteiger partial charge in [0.15, 0.2) is 5.76 Å². The molecule has 8 heteroatoms. The Labute approximate surface area is 181 Å². The molecule has 1 aromatic carbocycles. The highest BCUT2D eigenvalue weighted by Crippen LogP contribution is 2.25. The number of hydrogen-bond donors (Lipinski definition) is 0. The second-order valence-electron chi connectivity index (χ2n) is 7.68. The highest BCUT2D eigenvalue weighted by molar-refractivity contribution is 6.30. The van der Waals surface area contributed by atoms with Gasteiger partial charge in [0, 0.05) is 44.3 Å². The number of amides is 2. The molecule has 0 aliphatic carbocycles. The van der Waals surface area contributed by atoms with Crippen molar-refractivity contribution in [1.82, 2.24) is 14.7 Å². The van der Waals surface area contributed by atoms with E-state index in [1.807, 2.05) is 36.1 Å². The third-order valence-corrected chi connectivity index (χ3v) is 6.11. The molecule has 4 rings (SSSR count). The van der Waals surface area contributed by atoms with Gasteiger partial charge in [-0.2, -0.15) is 0 Å². The molecule has 1 aromatic heterocycles. The molecule has 0 saturated carbocycles. The van der Waals surface area contributed by atoms with E-state index in [1.165, 1.54) is 6.26 Å². The second kappa shape index (κ2) is 9.20. The van der Waals surface area contributed by atoms with E-state index in [2.05, 4.69) is 4.90 Å². The minimum atomic E-state index is -0.240. The Bertz CT molecular complexity index is 863. The molecular formula is C22H26ClN3O4. The van der Waals surface area contributed by atoms with E-state index >= 15 is 0 Å². The monoisotopic (exact) mass is 431 g/mol. The Morgan fingerprint density at radius 1 is 1.03 bits per heavy atom. The number of carbonyl (C=O) groups excluding carboxylic acids is 2. The van der Waals surface area contributed by atoms with Crippen LogP contribution in [-0.2, 0) is 9.53 Å². The van der Waals surface area contributed by atoms with Crippen LogP contribution in [0.5, 0.6) is 0 Å². The van der Waals surface area contributed by atoms with Gasteiger partial charge in [-0.05, 0) is 36.8 Å². The van der Waals surface area contributed by atoms with Gasteiger partial charge in [0.05, 0.1) is 25.0 Å². The fraction of sp³-hybridized carbons (Fsp3) is 0.455. The zero-order chi connectivity index (χ0) is 21.1. The first-order valence-corrected chi connectivity index (χ1v) is 10.6. The van der Waals surface area contributed by atoms with Crippen molar-refractivity contribution < 1.29 is 18.7 Å². The van der Waals surface area contributed by atoms with Crippen molar-refractivity contribution in [1.29, 1.82) is 0 Å². The molecule has 2 aliphatic rings. The van der Waals surface area contributed by atoms with Crippen LogP contribution in [0.3, 0.4) is 0 Å². The zero-order valence-corrected chi connectivity index (χ0v) is 17.8. The van der Waals surface area contributed by atoms with Crippen molar-refractivity contribution in [3.8, 4) is 0 Å². The predicted octanol–water partition coefficient (Wildman–Crippen LogP) is 2.68. The van der Waals surface area contributed by atoms with Crippen LogP contribution in [-0.4, -0.2) is 78.4 Å². The zero-order valence-electron chi connectivity index (χ0n) is 17.0. The first-order chi connectivity index (χ1) is 14.5. The molecule has 2 aliphatic heterocycles. The number of nitrogens with zero attached hydrogens (tertiary/aromatic N) is 3. The average Bonchev–Trinajstić information content (AvgIpc) is 3.33. The highest BCUT2D eigenvalue weighted by atomic mass is 35.5. The molecule has 0 bridgehead atoms. The van der Waals surface area contributed by atoms with Gasteiger partial charge in [0.2, 0.25) is 5.91 Å². The molecule has 0 unspecified atom stereocenters. The number of ether oxygens (including phenoxy) is 1. The van der Waals surface area contributed by atoms with E-state index in [0.29, 0.717) is 56.7 Å². The van der Waals surface area contributed by atoms with Gasteiger partial charge in [-0.25, -0.2) is 0 Å².